The van der Waals surface area contributed by atoms with Crippen LogP contribution in [0.5, 0.6) is 0 Å². The van der Waals surface area contributed by atoms with Crippen molar-refractivity contribution >= 4 is 12.0 Å². The van der Waals surface area contributed by atoms with Gasteiger partial charge in [-0.05, 0) is 31.4 Å². The molecule has 1 aromatic carbocycles. The van der Waals surface area contributed by atoms with Gasteiger partial charge in [0.1, 0.15) is 0 Å². The Morgan fingerprint density at radius 1 is 1.36 bits per heavy atom. The van der Waals surface area contributed by atoms with Crippen molar-refractivity contribution in [3.63, 3.8) is 0 Å². The second-order valence-electron chi connectivity index (χ2n) is 8.33. The van der Waals surface area contributed by atoms with E-state index in [9.17, 15) is 9.59 Å². The first-order valence-corrected chi connectivity index (χ1v) is 9.80. The average Bonchev–Trinajstić information content (AvgIpc) is 2.61. The molecule has 2 amide bonds. The predicted octanol–water partition coefficient (Wildman–Crippen LogP) is 2.17. The standard InChI is InChI=1S/C21H33N3O4/c1-16(12-21(2,3)17-8-6-5-7-9-17)22-20(27)24-10-11-28-18(14-24)13-23(4)15-19(25)26/h5-9,16,18H,10-15H2,1-4H3,(H,22,27)(H,25,26). The number of urea groups is 1. The summed E-state index contributed by atoms with van der Waals surface area (Å²) < 4.78 is 5.70. The summed E-state index contributed by atoms with van der Waals surface area (Å²) in [5, 5.41) is 12.0. The molecule has 0 bridgehead atoms. The molecule has 2 atom stereocenters. The van der Waals surface area contributed by atoms with Gasteiger partial charge in [0.25, 0.3) is 0 Å². The largest absolute Gasteiger partial charge is 0.480 e. The van der Waals surface area contributed by atoms with Crippen molar-refractivity contribution in [2.45, 2.75) is 44.8 Å². The van der Waals surface area contributed by atoms with Gasteiger partial charge in [-0.1, -0.05) is 44.2 Å². The summed E-state index contributed by atoms with van der Waals surface area (Å²) in [7, 11) is 1.74. The Bertz CT molecular complexity index is 650. The zero-order chi connectivity index (χ0) is 20.7. The molecule has 7 heteroatoms. The van der Waals surface area contributed by atoms with Crippen molar-refractivity contribution in [1.29, 1.82) is 0 Å². The highest BCUT2D eigenvalue weighted by Crippen LogP contribution is 2.28. The highest BCUT2D eigenvalue weighted by molar-refractivity contribution is 5.74. The molecular weight excluding hydrogens is 358 g/mol. The highest BCUT2D eigenvalue weighted by atomic mass is 16.5. The predicted molar refractivity (Wildman–Crippen MR) is 109 cm³/mol. The quantitative estimate of drug-likeness (QED) is 0.710. The van der Waals surface area contributed by atoms with Gasteiger partial charge in [-0.2, -0.15) is 0 Å². The number of carboxylic acid groups (broad SMARTS) is 1. The Hall–Kier alpha value is -2.12. The molecule has 0 aliphatic carbocycles. The molecule has 156 valence electrons. The van der Waals surface area contributed by atoms with Crippen LogP contribution in [0.3, 0.4) is 0 Å². The van der Waals surface area contributed by atoms with Crippen LogP contribution in [0.4, 0.5) is 4.79 Å². The van der Waals surface area contributed by atoms with Crippen LogP contribution in [-0.2, 0) is 14.9 Å². The molecule has 1 fully saturated rings. The smallest absolute Gasteiger partial charge is 0.317 e. The number of likely N-dealkylation sites (N-methyl/N-ethyl adjacent to an activating group) is 1. The maximum absolute atomic E-state index is 12.7. The number of hydrogen-bond donors (Lipinski definition) is 2. The molecule has 1 aliphatic heterocycles. The van der Waals surface area contributed by atoms with Crippen LogP contribution < -0.4 is 5.32 Å². The second-order valence-corrected chi connectivity index (χ2v) is 8.33. The summed E-state index contributed by atoms with van der Waals surface area (Å²) >= 11 is 0. The summed E-state index contributed by atoms with van der Waals surface area (Å²) in [6.07, 6.45) is 0.651. The van der Waals surface area contributed by atoms with Crippen LogP contribution >= 0.6 is 0 Å². The molecule has 2 N–H and O–H groups in total. The van der Waals surface area contributed by atoms with E-state index in [4.69, 9.17) is 9.84 Å². The molecule has 1 aromatic rings. The monoisotopic (exact) mass is 391 g/mol. The van der Waals surface area contributed by atoms with Crippen molar-refractivity contribution in [2.24, 2.45) is 0 Å². The lowest BCUT2D eigenvalue weighted by Gasteiger charge is -2.36. The van der Waals surface area contributed by atoms with Crippen LogP contribution in [0.1, 0.15) is 32.8 Å². The van der Waals surface area contributed by atoms with Crippen molar-refractivity contribution in [3.8, 4) is 0 Å². The summed E-state index contributed by atoms with van der Waals surface area (Å²) in [5.74, 6) is -0.872. The minimum absolute atomic E-state index is 0.0266. The summed E-state index contributed by atoms with van der Waals surface area (Å²) in [6, 6.07) is 10.3. The van der Waals surface area contributed by atoms with E-state index in [0.29, 0.717) is 26.2 Å². The first-order valence-electron chi connectivity index (χ1n) is 9.80. The molecule has 0 saturated carbocycles. The second kappa shape index (κ2) is 9.89. The first kappa shape index (κ1) is 22.2. The van der Waals surface area contributed by atoms with Gasteiger partial charge in [-0.25, -0.2) is 4.79 Å². The molecule has 1 saturated heterocycles. The van der Waals surface area contributed by atoms with Crippen molar-refractivity contribution < 1.29 is 19.4 Å². The zero-order valence-electron chi connectivity index (χ0n) is 17.4. The summed E-state index contributed by atoms with van der Waals surface area (Å²) in [4.78, 5) is 26.9. The van der Waals surface area contributed by atoms with Gasteiger partial charge in [0, 0.05) is 25.7 Å². The Balaban J connectivity index is 1.85. The molecule has 0 radical (unpaired) electrons. The van der Waals surface area contributed by atoms with Crippen LogP contribution in [0.2, 0.25) is 0 Å². The van der Waals surface area contributed by atoms with Crippen molar-refractivity contribution in [1.82, 2.24) is 15.1 Å². The lowest BCUT2D eigenvalue weighted by molar-refractivity contribution is -0.138. The average molecular weight is 392 g/mol. The van der Waals surface area contributed by atoms with Gasteiger partial charge in [-0.3, -0.25) is 9.69 Å². The minimum Gasteiger partial charge on any atom is -0.480 e. The molecule has 0 aromatic heterocycles. The van der Waals surface area contributed by atoms with Crippen molar-refractivity contribution in [3.05, 3.63) is 35.9 Å². The van der Waals surface area contributed by atoms with E-state index in [-0.39, 0.29) is 30.1 Å². The number of ether oxygens (including phenoxy) is 1. The number of nitrogens with zero attached hydrogens (tertiary/aromatic N) is 2. The van der Waals surface area contributed by atoms with Crippen molar-refractivity contribution in [2.75, 3.05) is 39.8 Å². The number of benzene rings is 1. The molecule has 1 aliphatic rings. The summed E-state index contributed by atoms with van der Waals surface area (Å²) in [6.45, 7) is 8.31. The maximum atomic E-state index is 12.7. The fourth-order valence-electron chi connectivity index (χ4n) is 3.78. The molecule has 28 heavy (non-hydrogen) atoms. The Morgan fingerprint density at radius 3 is 2.68 bits per heavy atom. The number of carbonyl (C=O) groups excluding carboxylic acids is 1. The van der Waals surface area contributed by atoms with Gasteiger partial charge in [0.05, 0.1) is 19.3 Å². The van der Waals surface area contributed by atoms with E-state index in [1.807, 2.05) is 25.1 Å². The van der Waals surface area contributed by atoms with Gasteiger partial charge in [0.15, 0.2) is 0 Å². The van der Waals surface area contributed by atoms with E-state index in [0.717, 1.165) is 6.42 Å². The molecule has 0 spiro atoms. The van der Waals surface area contributed by atoms with Crippen LogP contribution in [0, 0.1) is 0 Å². The number of nitrogens with one attached hydrogen (secondary N) is 1. The SMILES string of the molecule is CC(CC(C)(C)c1ccccc1)NC(=O)N1CCOC(CN(C)CC(=O)O)C1. The third-order valence-corrected chi connectivity index (χ3v) is 5.09. The van der Waals surface area contributed by atoms with Gasteiger partial charge >= 0.3 is 12.0 Å². The minimum atomic E-state index is -0.872. The Morgan fingerprint density at radius 2 is 2.04 bits per heavy atom. The van der Waals surface area contributed by atoms with Crippen LogP contribution in [-0.4, -0.2) is 78.9 Å². The molecule has 2 unspecified atom stereocenters. The topological polar surface area (TPSA) is 82.1 Å². The van der Waals surface area contributed by atoms with Gasteiger partial charge in [-0.15, -0.1) is 0 Å². The third-order valence-electron chi connectivity index (χ3n) is 5.09. The zero-order valence-corrected chi connectivity index (χ0v) is 17.4. The summed E-state index contributed by atoms with van der Waals surface area (Å²) in [5.41, 5.74) is 1.21. The fraction of sp³-hybridized carbons (Fsp3) is 0.619. The first-order chi connectivity index (χ1) is 13.2. The van der Waals surface area contributed by atoms with Crippen LogP contribution in [0.25, 0.3) is 0 Å². The van der Waals surface area contributed by atoms with Crippen LogP contribution in [0.15, 0.2) is 30.3 Å². The van der Waals surface area contributed by atoms with E-state index in [2.05, 4.69) is 31.3 Å². The number of rotatable bonds is 8. The highest BCUT2D eigenvalue weighted by Gasteiger charge is 2.28. The lowest BCUT2D eigenvalue weighted by Crippen LogP contribution is -2.54. The molecule has 1 heterocycles. The van der Waals surface area contributed by atoms with E-state index < -0.39 is 5.97 Å². The van der Waals surface area contributed by atoms with E-state index >= 15 is 0 Å². The number of morpholine rings is 1. The Labute approximate surface area is 167 Å². The molecule has 7 nitrogen and oxygen atoms in total. The third kappa shape index (κ3) is 6.80. The number of amides is 2. The van der Waals surface area contributed by atoms with E-state index in [1.54, 1.807) is 16.8 Å². The number of carboxylic acids is 1. The Kier molecular flexibility index (Phi) is 7.83. The maximum Gasteiger partial charge on any atom is 0.317 e. The number of hydrogen-bond acceptors (Lipinski definition) is 4. The van der Waals surface area contributed by atoms with Gasteiger partial charge in [0.2, 0.25) is 0 Å². The molecular formula is C21H33N3O4. The number of aliphatic carboxylic acids is 1. The lowest BCUT2D eigenvalue weighted by atomic mass is 9.79. The number of carbonyl (C=O) groups is 2. The normalized spacial score (nSPS) is 18.8. The molecule has 2 rings (SSSR count). The van der Waals surface area contributed by atoms with Gasteiger partial charge < -0.3 is 20.1 Å². The van der Waals surface area contributed by atoms with E-state index in [1.165, 1.54) is 5.56 Å². The fourth-order valence-corrected chi connectivity index (χ4v) is 3.78.